The molecule has 0 saturated heterocycles. The highest BCUT2D eigenvalue weighted by atomic mass is 16.1. The van der Waals surface area contributed by atoms with Crippen molar-refractivity contribution in [3.63, 3.8) is 0 Å². The third-order valence-electron chi connectivity index (χ3n) is 4.00. The third-order valence-corrected chi connectivity index (χ3v) is 4.00. The van der Waals surface area contributed by atoms with Crippen LogP contribution in [0.5, 0.6) is 0 Å². The van der Waals surface area contributed by atoms with Crippen LogP contribution in [-0.2, 0) is 4.79 Å². The summed E-state index contributed by atoms with van der Waals surface area (Å²) in [6.07, 6.45) is 0.716. The van der Waals surface area contributed by atoms with Crippen LogP contribution in [0.2, 0.25) is 0 Å². The lowest BCUT2D eigenvalue weighted by Gasteiger charge is -2.19. The van der Waals surface area contributed by atoms with Gasteiger partial charge in [0.2, 0.25) is 5.91 Å². The molecule has 2 aromatic carbocycles. The van der Waals surface area contributed by atoms with E-state index in [1.807, 2.05) is 42.5 Å². The summed E-state index contributed by atoms with van der Waals surface area (Å²) in [4.78, 5) is 12.5. The molecule has 0 spiro atoms. The predicted molar refractivity (Wildman–Crippen MR) is 97.4 cm³/mol. The number of nitrogens with one attached hydrogen (secondary N) is 1. The SMILES string of the molecule is CC(C)CC(C(=O)NCC#N)c1cccc(-c2ccc(C#N)cc2)c1. The minimum atomic E-state index is -0.285. The fourth-order valence-electron chi connectivity index (χ4n) is 2.79. The molecule has 0 radical (unpaired) electrons. The van der Waals surface area contributed by atoms with Gasteiger partial charge in [0.05, 0.1) is 23.6 Å². The highest BCUT2D eigenvalue weighted by Gasteiger charge is 2.22. The van der Waals surface area contributed by atoms with Gasteiger partial charge in [-0.05, 0) is 41.2 Å². The first-order chi connectivity index (χ1) is 12.0. The van der Waals surface area contributed by atoms with Crippen molar-refractivity contribution in [2.45, 2.75) is 26.2 Å². The van der Waals surface area contributed by atoms with Crippen molar-refractivity contribution in [1.29, 1.82) is 10.5 Å². The molecular formula is C21H21N3O. The molecule has 25 heavy (non-hydrogen) atoms. The van der Waals surface area contributed by atoms with Gasteiger partial charge in [-0.1, -0.05) is 50.2 Å². The molecule has 0 saturated carbocycles. The minimum Gasteiger partial charge on any atom is -0.342 e. The Morgan fingerprint density at radius 2 is 1.80 bits per heavy atom. The van der Waals surface area contributed by atoms with Gasteiger partial charge in [-0.15, -0.1) is 0 Å². The number of hydrogen-bond acceptors (Lipinski definition) is 3. The van der Waals surface area contributed by atoms with Gasteiger partial charge in [0, 0.05) is 0 Å². The Hall–Kier alpha value is -3.11. The molecule has 126 valence electrons. The summed E-state index contributed by atoms with van der Waals surface area (Å²) < 4.78 is 0. The van der Waals surface area contributed by atoms with Crippen LogP contribution >= 0.6 is 0 Å². The Balaban J connectivity index is 2.33. The maximum Gasteiger partial charge on any atom is 0.228 e. The highest BCUT2D eigenvalue weighted by Crippen LogP contribution is 2.28. The van der Waals surface area contributed by atoms with Gasteiger partial charge in [0.1, 0.15) is 6.54 Å². The second-order valence-electron chi connectivity index (χ2n) is 6.37. The van der Waals surface area contributed by atoms with Crippen molar-refractivity contribution in [2.24, 2.45) is 5.92 Å². The van der Waals surface area contributed by atoms with Crippen LogP contribution in [0.1, 0.15) is 37.3 Å². The van der Waals surface area contributed by atoms with Crippen LogP contribution in [0.25, 0.3) is 11.1 Å². The average molecular weight is 331 g/mol. The second-order valence-corrected chi connectivity index (χ2v) is 6.37. The maximum atomic E-state index is 12.5. The van der Waals surface area contributed by atoms with E-state index in [9.17, 15) is 4.79 Å². The van der Waals surface area contributed by atoms with Gasteiger partial charge in [-0.2, -0.15) is 10.5 Å². The van der Waals surface area contributed by atoms with E-state index in [0.717, 1.165) is 16.7 Å². The zero-order valence-corrected chi connectivity index (χ0v) is 14.5. The molecule has 0 heterocycles. The van der Waals surface area contributed by atoms with Crippen LogP contribution in [0.15, 0.2) is 48.5 Å². The van der Waals surface area contributed by atoms with Crippen molar-refractivity contribution < 1.29 is 4.79 Å². The number of carbonyl (C=O) groups is 1. The van der Waals surface area contributed by atoms with Crippen LogP contribution in [0.4, 0.5) is 0 Å². The van der Waals surface area contributed by atoms with Crippen LogP contribution in [0, 0.1) is 28.6 Å². The number of benzene rings is 2. The summed E-state index contributed by atoms with van der Waals surface area (Å²) in [6, 6.07) is 19.3. The van der Waals surface area contributed by atoms with Gasteiger partial charge in [-0.25, -0.2) is 0 Å². The predicted octanol–water partition coefficient (Wildman–Crippen LogP) is 3.99. The van der Waals surface area contributed by atoms with Gasteiger partial charge in [0.25, 0.3) is 0 Å². The van der Waals surface area contributed by atoms with Crippen LogP contribution < -0.4 is 5.32 Å². The van der Waals surface area contributed by atoms with E-state index in [1.165, 1.54) is 0 Å². The Morgan fingerprint density at radius 3 is 2.40 bits per heavy atom. The topological polar surface area (TPSA) is 76.7 Å². The first kappa shape index (κ1) is 18.2. The van der Waals surface area contributed by atoms with E-state index in [-0.39, 0.29) is 18.4 Å². The monoisotopic (exact) mass is 331 g/mol. The molecule has 0 aromatic heterocycles. The Morgan fingerprint density at radius 1 is 1.08 bits per heavy atom. The van der Waals surface area contributed by atoms with E-state index in [0.29, 0.717) is 17.9 Å². The number of nitrogens with zero attached hydrogens (tertiary/aromatic N) is 2. The number of amides is 1. The molecule has 0 fully saturated rings. The first-order valence-electron chi connectivity index (χ1n) is 8.30. The average Bonchev–Trinajstić information content (AvgIpc) is 2.64. The number of carbonyl (C=O) groups excluding carboxylic acids is 1. The fourth-order valence-corrected chi connectivity index (χ4v) is 2.79. The largest absolute Gasteiger partial charge is 0.342 e. The van der Waals surface area contributed by atoms with Gasteiger partial charge >= 0.3 is 0 Å². The van der Waals surface area contributed by atoms with Crippen molar-refractivity contribution >= 4 is 5.91 Å². The number of hydrogen-bond donors (Lipinski definition) is 1. The molecule has 2 rings (SSSR count). The molecule has 1 atom stereocenters. The fraction of sp³-hybridized carbons (Fsp3) is 0.286. The van der Waals surface area contributed by atoms with E-state index in [1.54, 1.807) is 12.1 Å². The summed E-state index contributed by atoms with van der Waals surface area (Å²) in [5, 5.41) is 20.3. The van der Waals surface area contributed by atoms with E-state index in [4.69, 9.17) is 10.5 Å². The summed E-state index contributed by atoms with van der Waals surface area (Å²) >= 11 is 0. The molecular weight excluding hydrogens is 310 g/mol. The Labute approximate surface area is 148 Å². The zero-order valence-electron chi connectivity index (χ0n) is 14.5. The maximum absolute atomic E-state index is 12.5. The quantitative estimate of drug-likeness (QED) is 0.813. The summed E-state index contributed by atoms with van der Waals surface area (Å²) in [6.45, 7) is 4.17. The summed E-state index contributed by atoms with van der Waals surface area (Å²) in [7, 11) is 0. The number of nitriles is 2. The molecule has 1 N–H and O–H groups in total. The molecule has 1 amide bonds. The van der Waals surface area contributed by atoms with Gasteiger partial charge < -0.3 is 5.32 Å². The van der Waals surface area contributed by atoms with Crippen molar-refractivity contribution in [2.75, 3.05) is 6.54 Å². The van der Waals surface area contributed by atoms with Crippen molar-refractivity contribution in [1.82, 2.24) is 5.32 Å². The highest BCUT2D eigenvalue weighted by molar-refractivity contribution is 5.84. The first-order valence-corrected chi connectivity index (χ1v) is 8.30. The molecule has 0 aliphatic rings. The Bertz CT molecular complexity index is 810. The van der Waals surface area contributed by atoms with Gasteiger partial charge in [-0.3, -0.25) is 4.79 Å². The molecule has 0 aliphatic carbocycles. The molecule has 0 aliphatic heterocycles. The Kier molecular flexibility index (Phi) is 6.32. The lowest BCUT2D eigenvalue weighted by atomic mass is 9.88. The molecule has 2 aromatic rings. The number of rotatable bonds is 6. The lowest BCUT2D eigenvalue weighted by Crippen LogP contribution is -2.30. The molecule has 4 heteroatoms. The van der Waals surface area contributed by atoms with Crippen LogP contribution in [0.3, 0.4) is 0 Å². The van der Waals surface area contributed by atoms with E-state index in [2.05, 4.69) is 25.2 Å². The minimum absolute atomic E-state index is 0.0166. The van der Waals surface area contributed by atoms with E-state index < -0.39 is 0 Å². The lowest BCUT2D eigenvalue weighted by molar-refractivity contribution is -0.122. The van der Waals surface area contributed by atoms with E-state index >= 15 is 0 Å². The molecule has 1 unspecified atom stereocenters. The molecule has 0 bridgehead atoms. The third kappa shape index (κ3) is 4.93. The second kappa shape index (κ2) is 8.66. The van der Waals surface area contributed by atoms with Gasteiger partial charge in [0.15, 0.2) is 0 Å². The summed E-state index contributed by atoms with van der Waals surface area (Å²) in [5.41, 5.74) is 3.56. The molecule has 4 nitrogen and oxygen atoms in total. The smallest absolute Gasteiger partial charge is 0.228 e. The standard InChI is InChI=1S/C21H21N3O/c1-15(2)12-20(21(25)24-11-10-22)19-5-3-4-18(13-19)17-8-6-16(14-23)7-9-17/h3-9,13,15,20H,11-12H2,1-2H3,(H,24,25). The normalized spacial score (nSPS) is 11.4. The van der Waals surface area contributed by atoms with Crippen LogP contribution in [-0.4, -0.2) is 12.5 Å². The zero-order chi connectivity index (χ0) is 18.2. The van der Waals surface area contributed by atoms with Crippen molar-refractivity contribution in [3.8, 4) is 23.3 Å². The van der Waals surface area contributed by atoms with Crippen molar-refractivity contribution in [3.05, 3.63) is 59.7 Å². The summed E-state index contributed by atoms with van der Waals surface area (Å²) in [5.74, 6) is -0.0460.